The molecule has 0 saturated heterocycles. The van der Waals surface area contributed by atoms with Crippen molar-refractivity contribution in [2.24, 2.45) is 0 Å². The Balaban J connectivity index is 1.93. The molecule has 30 heavy (non-hydrogen) atoms. The van der Waals surface area contributed by atoms with Crippen molar-refractivity contribution in [2.45, 2.75) is 32.9 Å². The molecule has 0 fully saturated rings. The average molecular weight is 404 g/mol. The summed E-state index contributed by atoms with van der Waals surface area (Å²) in [5, 5.41) is 0. The number of methoxy groups -OCH3 is 1. The number of nitrogens with two attached hydrogens (primary N) is 1. The Morgan fingerprint density at radius 1 is 1.10 bits per heavy atom. The molecule has 0 saturated carbocycles. The molecule has 1 atom stereocenters. The van der Waals surface area contributed by atoms with Gasteiger partial charge in [0, 0.05) is 5.56 Å². The second-order valence-corrected chi connectivity index (χ2v) is 7.17. The van der Waals surface area contributed by atoms with Gasteiger partial charge in [-0.1, -0.05) is 37.3 Å². The van der Waals surface area contributed by atoms with Crippen LogP contribution in [-0.2, 0) is 11.3 Å². The molecular formula is C23H24N4O3. The third-order valence-electron chi connectivity index (χ3n) is 5.20. The highest BCUT2D eigenvalue weighted by molar-refractivity contribution is 6.08. The van der Waals surface area contributed by atoms with Gasteiger partial charge >= 0.3 is 5.97 Å². The molecule has 2 N–H and O–H groups in total. The SMILES string of the molecule is CCC(C)OC(=O)c1c(N)n(Cc2ccccc2OC)c2nc3ccccc3nc12. The summed E-state index contributed by atoms with van der Waals surface area (Å²) < 4.78 is 12.8. The zero-order valence-electron chi connectivity index (χ0n) is 17.3. The third kappa shape index (κ3) is 3.43. The topological polar surface area (TPSA) is 92.3 Å². The number of nitrogens with zero attached hydrogens (tertiary/aromatic N) is 3. The maximum absolute atomic E-state index is 13.0. The highest BCUT2D eigenvalue weighted by atomic mass is 16.5. The lowest BCUT2D eigenvalue weighted by atomic mass is 10.2. The Kier molecular flexibility index (Phi) is 5.27. The molecule has 0 spiro atoms. The maximum Gasteiger partial charge on any atom is 0.344 e. The van der Waals surface area contributed by atoms with E-state index in [1.54, 1.807) is 11.7 Å². The van der Waals surface area contributed by atoms with Gasteiger partial charge in [-0.15, -0.1) is 0 Å². The zero-order valence-corrected chi connectivity index (χ0v) is 17.3. The van der Waals surface area contributed by atoms with E-state index in [9.17, 15) is 4.79 Å². The number of nitrogen functional groups attached to an aromatic ring is 1. The van der Waals surface area contributed by atoms with Crippen LogP contribution in [0.2, 0.25) is 0 Å². The lowest BCUT2D eigenvalue weighted by Gasteiger charge is -2.12. The van der Waals surface area contributed by atoms with Crippen LogP contribution >= 0.6 is 0 Å². The van der Waals surface area contributed by atoms with Gasteiger partial charge < -0.3 is 19.8 Å². The standard InChI is InChI=1S/C23H24N4O3/c1-4-14(2)30-23(28)19-20-22(26-17-11-7-6-10-16(17)25-20)27(21(19)24)13-15-9-5-8-12-18(15)29-3/h5-12,14H,4,13,24H2,1-3H3. The molecule has 2 aromatic heterocycles. The van der Waals surface area contributed by atoms with Crippen LogP contribution < -0.4 is 10.5 Å². The Morgan fingerprint density at radius 2 is 1.77 bits per heavy atom. The Bertz CT molecular complexity index is 1230. The molecule has 4 aromatic rings. The van der Waals surface area contributed by atoms with Crippen LogP contribution in [0.3, 0.4) is 0 Å². The molecule has 2 aromatic carbocycles. The maximum atomic E-state index is 13.0. The monoisotopic (exact) mass is 404 g/mol. The van der Waals surface area contributed by atoms with Crippen molar-refractivity contribution in [3.05, 3.63) is 59.7 Å². The fourth-order valence-corrected chi connectivity index (χ4v) is 3.41. The molecule has 2 heterocycles. The number of aromatic nitrogens is 3. The van der Waals surface area contributed by atoms with Crippen LogP contribution in [0.5, 0.6) is 5.75 Å². The van der Waals surface area contributed by atoms with Crippen molar-refractivity contribution in [1.82, 2.24) is 14.5 Å². The van der Waals surface area contributed by atoms with Gasteiger partial charge in [0.25, 0.3) is 0 Å². The number of hydrogen-bond acceptors (Lipinski definition) is 6. The Labute approximate surface area is 174 Å². The van der Waals surface area contributed by atoms with E-state index in [-0.39, 0.29) is 17.5 Å². The van der Waals surface area contributed by atoms with E-state index < -0.39 is 5.97 Å². The third-order valence-corrected chi connectivity index (χ3v) is 5.20. The van der Waals surface area contributed by atoms with Crippen LogP contribution in [0.25, 0.3) is 22.2 Å². The second-order valence-electron chi connectivity index (χ2n) is 7.17. The summed E-state index contributed by atoms with van der Waals surface area (Å²) in [7, 11) is 1.62. The van der Waals surface area contributed by atoms with Crippen molar-refractivity contribution < 1.29 is 14.3 Å². The van der Waals surface area contributed by atoms with E-state index in [2.05, 4.69) is 0 Å². The first-order valence-corrected chi connectivity index (χ1v) is 9.90. The van der Waals surface area contributed by atoms with Gasteiger partial charge in [-0.2, -0.15) is 0 Å². The van der Waals surface area contributed by atoms with E-state index >= 15 is 0 Å². The number of fused-ring (bicyclic) bond motifs is 2. The fraction of sp³-hybridized carbons (Fsp3) is 0.261. The van der Waals surface area contributed by atoms with Crippen molar-refractivity contribution >= 4 is 34.0 Å². The van der Waals surface area contributed by atoms with Crippen LogP contribution in [0, 0.1) is 0 Å². The van der Waals surface area contributed by atoms with E-state index in [1.165, 1.54) is 0 Å². The molecular weight excluding hydrogens is 380 g/mol. The molecule has 0 amide bonds. The molecule has 4 rings (SSSR count). The first-order chi connectivity index (χ1) is 14.5. The van der Waals surface area contributed by atoms with E-state index in [4.69, 9.17) is 25.2 Å². The van der Waals surface area contributed by atoms with E-state index in [0.29, 0.717) is 29.6 Å². The van der Waals surface area contributed by atoms with Crippen LogP contribution in [0.4, 0.5) is 5.82 Å². The minimum atomic E-state index is -0.491. The molecule has 0 aliphatic rings. The number of benzene rings is 2. The van der Waals surface area contributed by atoms with Crippen LogP contribution in [-0.4, -0.2) is 33.7 Å². The number of para-hydroxylation sites is 3. The van der Waals surface area contributed by atoms with Gasteiger partial charge in [-0.05, 0) is 31.5 Å². The summed E-state index contributed by atoms with van der Waals surface area (Å²) in [5.74, 6) is 0.519. The molecule has 1 unspecified atom stereocenters. The molecule has 154 valence electrons. The van der Waals surface area contributed by atoms with E-state index in [0.717, 1.165) is 16.8 Å². The van der Waals surface area contributed by atoms with Crippen molar-refractivity contribution in [1.29, 1.82) is 0 Å². The number of ether oxygens (including phenoxy) is 2. The summed E-state index contributed by atoms with van der Waals surface area (Å²) in [6.45, 7) is 4.19. The molecule has 7 nitrogen and oxygen atoms in total. The highest BCUT2D eigenvalue weighted by Crippen LogP contribution is 2.31. The lowest BCUT2D eigenvalue weighted by Crippen LogP contribution is -2.16. The number of carbonyl (C=O) groups excluding carboxylic acids is 1. The smallest absolute Gasteiger partial charge is 0.344 e. The van der Waals surface area contributed by atoms with Gasteiger partial charge in [0.05, 0.1) is 30.8 Å². The molecule has 0 radical (unpaired) electrons. The van der Waals surface area contributed by atoms with Crippen molar-refractivity contribution in [3.63, 3.8) is 0 Å². The minimum absolute atomic E-state index is 0.224. The molecule has 7 heteroatoms. The van der Waals surface area contributed by atoms with Gasteiger partial charge in [0.15, 0.2) is 5.65 Å². The van der Waals surface area contributed by atoms with Gasteiger partial charge in [0.1, 0.15) is 22.6 Å². The second kappa shape index (κ2) is 8.02. The Morgan fingerprint density at radius 3 is 2.47 bits per heavy atom. The van der Waals surface area contributed by atoms with Gasteiger partial charge in [0.2, 0.25) is 0 Å². The average Bonchev–Trinajstić information content (AvgIpc) is 3.02. The van der Waals surface area contributed by atoms with Gasteiger partial charge in [-0.3, -0.25) is 0 Å². The summed E-state index contributed by atoms with van der Waals surface area (Å²) in [4.78, 5) is 22.4. The molecule has 0 bridgehead atoms. The molecule has 0 aliphatic carbocycles. The number of rotatable bonds is 6. The first kappa shape index (κ1) is 19.7. The van der Waals surface area contributed by atoms with Crippen molar-refractivity contribution in [2.75, 3.05) is 12.8 Å². The normalized spacial score (nSPS) is 12.2. The predicted molar refractivity (Wildman–Crippen MR) is 117 cm³/mol. The first-order valence-electron chi connectivity index (χ1n) is 9.90. The largest absolute Gasteiger partial charge is 0.496 e. The lowest BCUT2D eigenvalue weighted by molar-refractivity contribution is 0.0338. The fourth-order valence-electron chi connectivity index (χ4n) is 3.41. The zero-order chi connectivity index (χ0) is 21.3. The van der Waals surface area contributed by atoms with Crippen LogP contribution in [0.1, 0.15) is 36.2 Å². The summed E-state index contributed by atoms with van der Waals surface area (Å²) in [6, 6.07) is 15.2. The predicted octanol–water partition coefficient (Wildman–Crippen LogP) is 4.18. The number of carbonyl (C=O) groups is 1. The Hall–Kier alpha value is -3.61. The summed E-state index contributed by atoms with van der Waals surface area (Å²) >= 11 is 0. The summed E-state index contributed by atoms with van der Waals surface area (Å²) in [6.07, 6.45) is 0.484. The quantitative estimate of drug-likeness (QED) is 0.485. The molecule has 0 aliphatic heterocycles. The number of esters is 1. The van der Waals surface area contributed by atoms with Crippen molar-refractivity contribution in [3.8, 4) is 5.75 Å². The minimum Gasteiger partial charge on any atom is -0.496 e. The number of hydrogen-bond donors (Lipinski definition) is 1. The number of anilines is 1. The summed E-state index contributed by atoms with van der Waals surface area (Å²) in [5.41, 5.74) is 10.0. The highest BCUT2D eigenvalue weighted by Gasteiger charge is 2.26. The van der Waals surface area contributed by atoms with Gasteiger partial charge in [-0.25, -0.2) is 14.8 Å². The van der Waals surface area contributed by atoms with E-state index in [1.807, 2.05) is 62.4 Å². The van der Waals surface area contributed by atoms with Crippen LogP contribution in [0.15, 0.2) is 48.5 Å².